The normalized spacial score (nSPS) is 10.9. The molecule has 0 spiro atoms. The maximum atomic E-state index is 12.6. The lowest BCUT2D eigenvalue weighted by molar-refractivity contribution is 0.377. The Kier molecular flexibility index (Phi) is 5.42. The lowest BCUT2D eigenvalue weighted by atomic mass is 10.2. The van der Waals surface area contributed by atoms with E-state index in [0.717, 1.165) is 11.1 Å². The Morgan fingerprint density at radius 1 is 1.15 bits per heavy atom. The summed E-state index contributed by atoms with van der Waals surface area (Å²) in [4.78, 5) is 12.6. The largest absolute Gasteiger partial charge is 0.493 e. The summed E-state index contributed by atoms with van der Waals surface area (Å²) in [6, 6.07) is 12.5. The highest BCUT2D eigenvalue weighted by molar-refractivity contribution is 6.31. The van der Waals surface area contributed by atoms with E-state index in [1.807, 2.05) is 19.1 Å². The monoisotopic (exact) mass is 384 g/mol. The van der Waals surface area contributed by atoms with Crippen molar-refractivity contribution in [3.05, 3.63) is 75.2 Å². The summed E-state index contributed by atoms with van der Waals surface area (Å²) >= 11 is 6.23. The van der Waals surface area contributed by atoms with Gasteiger partial charge in [0.05, 0.1) is 25.2 Å². The van der Waals surface area contributed by atoms with Crippen LogP contribution in [0.4, 0.5) is 0 Å². The van der Waals surface area contributed by atoms with E-state index < -0.39 is 5.56 Å². The van der Waals surface area contributed by atoms with E-state index in [4.69, 9.17) is 26.9 Å². The lowest BCUT2D eigenvalue weighted by Crippen LogP contribution is -2.21. The number of rotatable bonds is 5. The quantitative estimate of drug-likeness (QED) is 0.414. The van der Waals surface area contributed by atoms with Crippen molar-refractivity contribution >= 4 is 17.8 Å². The van der Waals surface area contributed by atoms with Gasteiger partial charge in [0.25, 0.3) is 5.56 Å². The molecule has 0 unspecified atom stereocenters. The van der Waals surface area contributed by atoms with Crippen molar-refractivity contribution < 1.29 is 9.47 Å². The third kappa shape index (κ3) is 3.93. The van der Waals surface area contributed by atoms with Gasteiger partial charge in [-0.2, -0.15) is 14.9 Å². The van der Waals surface area contributed by atoms with Crippen molar-refractivity contribution in [2.45, 2.75) is 6.92 Å². The Bertz CT molecular complexity index is 1050. The Labute approximate surface area is 160 Å². The van der Waals surface area contributed by atoms with Crippen LogP contribution < -0.4 is 20.9 Å². The van der Waals surface area contributed by atoms with E-state index in [-0.39, 0.29) is 10.8 Å². The molecule has 0 fully saturated rings. The summed E-state index contributed by atoms with van der Waals surface area (Å²) in [5, 5.41) is 7.54. The second-order valence-corrected chi connectivity index (χ2v) is 6.04. The highest BCUT2D eigenvalue weighted by atomic mass is 35.5. The number of nitrogens with two attached hydrogens (primary N) is 1. The first-order valence-corrected chi connectivity index (χ1v) is 8.35. The van der Waals surface area contributed by atoms with Crippen molar-refractivity contribution in [2.24, 2.45) is 10.9 Å². The molecule has 1 aromatic heterocycles. The summed E-state index contributed by atoms with van der Waals surface area (Å²) < 4.78 is 12.3. The Morgan fingerprint density at radius 2 is 1.89 bits per heavy atom. The predicted molar refractivity (Wildman–Crippen MR) is 104 cm³/mol. The molecule has 0 saturated heterocycles. The average Bonchev–Trinajstić information content (AvgIpc) is 2.68. The van der Waals surface area contributed by atoms with Crippen molar-refractivity contribution in [1.82, 2.24) is 9.78 Å². The Balaban J connectivity index is 1.96. The van der Waals surface area contributed by atoms with E-state index in [0.29, 0.717) is 17.2 Å². The van der Waals surface area contributed by atoms with Crippen molar-refractivity contribution in [3.8, 4) is 22.9 Å². The number of ether oxygens (including phenoxy) is 2. The summed E-state index contributed by atoms with van der Waals surface area (Å²) in [5.41, 5.74) is 1.94. The van der Waals surface area contributed by atoms with E-state index >= 15 is 0 Å². The number of hydrogen-bond donors (Lipinski definition) is 1. The minimum absolute atomic E-state index is 0.0831. The second-order valence-electron chi connectivity index (χ2n) is 5.67. The van der Waals surface area contributed by atoms with E-state index in [1.54, 1.807) is 30.3 Å². The number of aromatic nitrogens is 2. The molecule has 1 heterocycles. The zero-order valence-electron chi connectivity index (χ0n) is 14.7. The van der Waals surface area contributed by atoms with Crippen LogP contribution in [0.15, 0.2) is 58.6 Å². The molecule has 0 aliphatic carbocycles. The molecule has 3 aromatic rings. The number of nitrogens with zero attached hydrogens (tertiary/aromatic N) is 3. The molecule has 0 atom stereocenters. The molecule has 3 rings (SSSR count). The van der Waals surface area contributed by atoms with Gasteiger partial charge >= 0.3 is 0 Å². The molecule has 0 aliphatic rings. The van der Waals surface area contributed by atoms with Crippen LogP contribution >= 0.6 is 11.6 Å². The fraction of sp³-hybridized carbons (Fsp3) is 0.105. The SMILES string of the molecule is COc1cc(C=NN)ccc1Oc1cnn(-c2ccc(C)cc2)c(=O)c1Cl. The van der Waals surface area contributed by atoms with Gasteiger partial charge in [0.15, 0.2) is 22.3 Å². The molecule has 138 valence electrons. The Hall–Kier alpha value is -3.32. The molecule has 2 aromatic carbocycles. The molecule has 0 aliphatic heterocycles. The van der Waals surface area contributed by atoms with Gasteiger partial charge in [-0.15, -0.1) is 0 Å². The van der Waals surface area contributed by atoms with Crippen molar-refractivity contribution in [2.75, 3.05) is 7.11 Å². The number of hydrazone groups is 1. The zero-order chi connectivity index (χ0) is 19.4. The molecule has 0 amide bonds. The first-order chi connectivity index (χ1) is 13.0. The smallest absolute Gasteiger partial charge is 0.294 e. The molecule has 7 nitrogen and oxygen atoms in total. The topological polar surface area (TPSA) is 91.7 Å². The fourth-order valence-electron chi connectivity index (χ4n) is 2.41. The molecule has 27 heavy (non-hydrogen) atoms. The van der Waals surface area contributed by atoms with Gasteiger partial charge in [0, 0.05) is 0 Å². The van der Waals surface area contributed by atoms with E-state index in [2.05, 4.69) is 10.2 Å². The first kappa shape index (κ1) is 18.5. The fourth-order valence-corrected chi connectivity index (χ4v) is 2.58. The number of benzene rings is 2. The standard InChI is InChI=1S/C19H17ClN4O3/c1-12-3-6-14(7-4-12)24-19(25)18(20)17(11-23-24)27-15-8-5-13(10-22-21)9-16(15)26-2/h3-11H,21H2,1-2H3. The number of aryl methyl sites for hydroxylation is 1. The van der Waals surface area contributed by atoms with Gasteiger partial charge in [-0.1, -0.05) is 29.3 Å². The molecular weight excluding hydrogens is 368 g/mol. The van der Waals surface area contributed by atoms with Crippen LogP contribution in [0.1, 0.15) is 11.1 Å². The van der Waals surface area contributed by atoms with E-state index in [1.165, 1.54) is 24.2 Å². The second kappa shape index (κ2) is 7.92. The van der Waals surface area contributed by atoms with Crippen LogP contribution in [0.3, 0.4) is 0 Å². The van der Waals surface area contributed by atoms with Crippen LogP contribution in [-0.4, -0.2) is 23.1 Å². The van der Waals surface area contributed by atoms with Gasteiger partial charge in [-0.05, 0) is 42.8 Å². The van der Waals surface area contributed by atoms with Crippen LogP contribution in [-0.2, 0) is 0 Å². The van der Waals surface area contributed by atoms with Crippen molar-refractivity contribution in [3.63, 3.8) is 0 Å². The van der Waals surface area contributed by atoms with Gasteiger partial charge in [0.1, 0.15) is 0 Å². The minimum atomic E-state index is -0.483. The van der Waals surface area contributed by atoms with Gasteiger partial charge in [-0.3, -0.25) is 4.79 Å². The van der Waals surface area contributed by atoms with Crippen LogP contribution in [0.5, 0.6) is 17.2 Å². The maximum absolute atomic E-state index is 12.6. The third-order valence-corrected chi connectivity index (χ3v) is 4.14. The maximum Gasteiger partial charge on any atom is 0.294 e. The number of methoxy groups -OCH3 is 1. The predicted octanol–water partition coefficient (Wildman–Crippen LogP) is 3.29. The van der Waals surface area contributed by atoms with Gasteiger partial charge < -0.3 is 15.3 Å². The van der Waals surface area contributed by atoms with Gasteiger partial charge in [-0.25, -0.2) is 0 Å². The third-order valence-electron chi connectivity index (χ3n) is 3.80. The number of halogens is 1. The number of hydrogen-bond acceptors (Lipinski definition) is 6. The van der Waals surface area contributed by atoms with Crippen molar-refractivity contribution in [1.29, 1.82) is 0 Å². The summed E-state index contributed by atoms with van der Waals surface area (Å²) in [6.45, 7) is 1.96. The highest BCUT2D eigenvalue weighted by Crippen LogP contribution is 2.34. The summed E-state index contributed by atoms with van der Waals surface area (Å²) in [7, 11) is 1.50. The molecule has 0 saturated carbocycles. The summed E-state index contributed by atoms with van der Waals surface area (Å²) in [6.07, 6.45) is 2.86. The minimum Gasteiger partial charge on any atom is -0.493 e. The average molecular weight is 385 g/mol. The van der Waals surface area contributed by atoms with E-state index in [9.17, 15) is 4.79 Å². The zero-order valence-corrected chi connectivity index (χ0v) is 15.5. The molecule has 2 N–H and O–H groups in total. The van der Waals surface area contributed by atoms with Crippen LogP contribution in [0.25, 0.3) is 5.69 Å². The molecular formula is C19H17ClN4O3. The first-order valence-electron chi connectivity index (χ1n) is 7.97. The van der Waals surface area contributed by atoms with Gasteiger partial charge in [0.2, 0.25) is 0 Å². The molecule has 8 heteroatoms. The highest BCUT2D eigenvalue weighted by Gasteiger charge is 2.15. The Morgan fingerprint density at radius 3 is 2.56 bits per heavy atom. The lowest BCUT2D eigenvalue weighted by Gasteiger charge is -2.12. The van der Waals surface area contributed by atoms with Crippen LogP contribution in [0, 0.1) is 6.92 Å². The molecule has 0 bridgehead atoms. The van der Waals surface area contributed by atoms with Crippen LogP contribution in [0.2, 0.25) is 5.02 Å². The summed E-state index contributed by atoms with van der Waals surface area (Å²) in [5.74, 6) is 6.10. The molecule has 0 radical (unpaired) electrons.